The van der Waals surface area contributed by atoms with Gasteiger partial charge in [-0.05, 0) is 56.0 Å². The number of hydrogen-bond donors (Lipinski definition) is 3. The number of fused-ring (bicyclic) bond motifs is 1. The first kappa shape index (κ1) is 23.3. The Morgan fingerprint density at radius 1 is 1.09 bits per heavy atom. The van der Waals surface area contributed by atoms with E-state index in [1.54, 1.807) is 0 Å². The molecule has 4 rings (SSSR count). The fourth-order valence-corrected chi connectivity index (χ4v) is 5.68. The van der Waals surface area contributed by atoms with Crippen molar-refractivity contribution in [3.63, 3.8) is 0 Å². The molecule has 2 aromatic rings. The predicted molar refractivity (Wildman–Crippen MR) is 126 cm³/mol. The third-order valence-electron chi connectivity index (χ3n) is 6.23. The van der Waals surface area contributed by atoms with E-state index in [1.807, 2.05) is 11.8 Å². The number of amides is 3. The fourth-order valence-electron chi connectivity index (χ4n) is 4.38. The number of nitrogens with two attached hydrogens (primary N) is 1. The maximum absolute atomic E-state index is 13.0. The molecule has 1 aliphatic carbocycles. The van der Waals surface area contributed by atoms with Crippen LogP contribution in [0.3, 0.4) is 0 Å². The Balaban J connectivity index is 1.27. The number of aryl methyl sites for hydroxylation is 1. The van der Waals surface area contributed by atoms with E-state index in [0.717, 1.165) is 29.7 Å². The zero-order valence-electron chi connectivity index (χ0n) is 18.5. The Kier molecular flexibility index (Phi) is 7.06. The van der Waals surface area contributed by atoms with Crippen molar-refractivity contribution >= 4 is 39.7 Å². The van der Waals surface area contributed by atoms with E-state index < -0.39 is 5.91 Å². The summed E-state index contributed by atoms with van der Waals surface area (Å²) in [7, 11) is 0. The van der Waals surface area contributed by atoms with Crippen molar-refractivity contribution in [2.75, 3.05) is 43.4 Å². The van der Waals surface area contributed by atoms with Crippen molar-refractivity contribution in [2.45, 2.75) is 32.2 Å². The number of thiophene rings is 1. The summed E-state index contributed by atoms with van der Waals surface area (Å²) in [5.74, 6) is -1.17. The van der Waals surface area contributed by atoms with Crippen molar-refractivity contribution in [3.8, 4) is 0 Å². The van der Waals surface area contributed by atoms with Gasteiger partial charge in [-0.2, -0.15) is 0 Å². The number of piperazine rings is 1. The summed E-state index contributed by atoms with van der Waals surface area (Å²) in [4.78, 5) is 42.4. The van der Waals surface area contributed by atoms with Crippen LogP contribution in [0.15, 0.2) is 24.3 Å². The van der Waals surface area contributed by atoms with Gasteiger partial charge < -0.3 is 16.4 Å². The van der Waals surface area contributed by atoms with Crippen LogP contribution in [0, 0.1) is 5.82 Å². The van der Waals surface area contributed by atoms with Gasteiger partial charge in [0, 0.05) is 36.7 Å². The van der Waals surface area contributed by atoms with Crippen LogP contribution in [0.1, 0.15) is 34.1 Å². The van der Waals surface area contributed by atoms with Gasteiger partial charge in [0.25, 0.3) is 5.91 Å². The van der Waals surface area contributed by atoms with Crippen LogP contribution in [0.5, 0.6) is 0 Å². The van der Waals surface area contributed by atoms with Gasteiger partial charge in [0.05, 0.1) is 18.2 Å². The molecule has 1 unspecified atom stereocenters. The first-order valence-corrected chi connectivity index (χ1v) is 11.9. The molecular formula is C23H28FN5O3S. The molecule has 0 bridgehead atoms. The number of carbonyl (C=O) groups is 3. The van der Waals surface area contributed by atoms with Crippen LogP contribution >= 0.6 is 11.3 Å². The zero-order valence-corrected chi connectivity index (χ0v) is 19.3. The second kappa shape index (κ2) is 9.98. The average molecular weight is 474 g/mol. The van der Waals surface area contributed by atoms with Crippen molar-refractivity contribution in [1.29, 1.82) is 0 Å². The molecule has 1 saturated heterocycles. The molecule has 1 aromatic heterocycles. The Bertz CT molecular complexity index is 1050. The molecule has 0 saturated carbocycles. The van der Waals surface area contributed by atoms with Crippen LogP contribution in [-0.2, 0) is 22.4 Å². The Hall–Kier alpha value is -2.82. The highest BCUT2D eigenvalue weighted by Gasteiger charge is 2.30. The summed E-state index contributed by atoms with van der Waals surface area (Å²) in [5, 5.41) is 6.25. The lowest BCUT2D eigenvalue weighted by molar-refractivity contribution is -0.122. The lowest BCUT2D eigenvalue weighted by Crippen LogP contribution is -2.53. The molecular weight excluding hydrogens is 445 g/mol. The summed E-state index contributed by atoms with van der Waals surface area (Å²) in [6.45, 7) is 4.65. The maximum Gasteiger partial charge on any atom is 0.251 e. The van der Waals surface area contributed by atoms with Gasteiger partial charge in [0.1, 0.15) is 10.8 Å². The standard InChI is InChI=1S/C23H28FN5O3S/c1-14(22(32)27-23-20(21(25)31)17-3-2-4-18(17)33-23)29-11-9-28(10-12-29)13-19(30)26-16-7-5-15(24)6-8-16/h5-8,14H,2-4,9-13H2,1H3,(H2,25,31)(H,26,30)(H,27,32). The first-order chi connectivity index (χ1) is 15.8. The van der Waals surface area contributed by atoms with Crippen LogP contribution < -0.4 is 16.4 Å². The molecule has 1 aromatic carbocycles. The molecule has 1 atom stereocenters. The van der Waals surface area contributed by atoms with E-state index in [2.05, 4.69) is 15.5 Å². The van der Waals surface area contributed by atoms with E-state index in [1.165, 1.54) is 35.6 Å². The van der Waals surface area contributed by atoms with Crippen LogP contribution in [0.4, 0.5) is 15.1 Å². The highest BCUT2D eigenvalue weighted by molar-refractivity contribution is 7.17. The lowest BCUT2D eigenvalue weighted by Gasteiger charge is -2.37. The average Bonchev–Trinajstić information content (AvgIpc) is 3.36. The van der Waals surface area contributed by atoms with Crippen molar-refractivity contribution < 1.29 is 18.8 Å². The number of primary amides is 1. The topological polar surface area (TPSA) is 108 Å². The van der Waals surface area contributed by atoms with E-state index in [9.17, 15) is 18.8 Å². The largest absolute Gasteiger partial charge is 0.365 e. The number of halogens is 1. The van der Waals surface area contributed by atoms with Crippen molar-refractivity contribution in [1.82, 2.24) is 9.80 Å². The molecule has 10 heteroatoms. The zero-order chi connectivity index (χ0) is 23.5. The number of anilines is 2. The molecule has 0 radical (unpaired) electrons. The Morgan fingerprint density at radius 2 is 1.79 bits per heavy atom. The molecule has 33 heavy (non-hydrogen) atoms. The maximum atomic E-state index is 13.0. The molecule has 1 fully saturated rings. The van der Waals surface area contributed by atoms with E-state index >= 15 is 0 Å². The second-order valence-electron chi connectivity index (χ2n) is 8.46. The minimum Gasteiger partial charge on any atom is -0.365 e. The molecule has 1 aliphatic heterocycles. The van der Waals surface area contributed by atoms with Crippen LogP contribution in [-0.4, -0.2) is 66.3 Å². The quantitative estimate of drug-likeness (QED) is 0.571. The fraction of sp³-hybridized carbons (Fsp3) is 0.435. The summed E-state index contributed by atoms with van der Waals surface area (Å²) >= 11 is 1.45. The number of rotatable bonds is 7. The SMILES string of the molecule is CC(C(=O)Nc1sc2c(c1C(N)=O)CCC2)N1CCN(CC(=O)Nc2ccc(F)cc2)CC1. The first-order valence-electron chi connectivity index (χ1n) is 11.1. The highest BCUT2D eigenvalue weighted by Crippen LogP contribution is 2.38. The highest BCUT2D eigenvalue weighted by atomic mass is 32.1. The molecule has 3 amide bonds. The minimum atomic E-state index is -0.495. The van der Waals surface area contributed by atoms with Gasteiger partial charge in [0.2, 0.25) is 11.8 Å². The molecule has 2 heterocycles. The summed E-state index contributed by atoms with van der Waals surface area (Å²) in [6, 6.07) is 5.28. The van der Waals surface area contributed by atoms with Gasteiger partial charge in [0.15, 0.2) is 0 Å². The molecule has 0 spiro atoms. The summed E-state index contributed by atoms with van der Waals surface area (Å²) in [5.41, 5.74) is 7.60. The lowest BCUT2D eigenvalue weighted by atomic mass is 10.1. The van der Waals surface area contributed by atoms with Crippen LogP contribution in [0.2, 0.25) is 0 Å². The number of carbonyl (C=O) groups excluding carboxylic acids is 3. The van der Waals surface area contributed by atoms with Gasteiger partial charge in [-0.15, -0.1) is 11.3 Å². The van der Waals surface area contributed by atoms with Gasteiger partial charge in [-0.3, -0.25) is 24.2 Å². The van der Waals surface area contributed by atoms with E-state index in [-0.39, 0.29) is 30.2 Å². The number of hydrogen-bond acceptors (Lipinski definition) is 6. The third kappa shape index (κ3) is 5.40. The molecule has 8 nitrogen and oxygen atoms in total. The number of nitrogens with one attached hydrogen (secondary N) is 2. The third-order valence-corrected chi connectivity index (χ3v) is 7.44. The normalized spacial score (nSPS) is 17.4. The number of nitrogens with zero attached hydrogens (tertiary/aromatic N) is 2. The van der Waals surface area contributed by atoms with E-state index in [4.69, 9.17) is 5.73 Å². The Labute approximate surface area is 195 Å². The van der Waals surface area contributed by atoms with E-state index in [0.29, 0.717) is 42.4 Å². The van der Waals surface area contributed by atoms with Crippen LogP contribution in [0.25, 0.3) is 0 Å². The second-order valence-corrected chi connectivity index (χ2v) is 9.56. The Morgan fingerprint density at radius 3 is 2.45 bits per heavy atom. The van der Waals surface area contributed by atoms with Gasteiger partial charge in [-0.25, -0.2) is 4.39 Å². The summed E-state index contributed by atoms with van der Waals surface area (Å²) < 4.78 is 13.0. The van der Waals surface area contributed by atoms with Gasteiger partial charge in [-0.1, -0.05) is 0 Å². The molecule has 2 aliphatic rings. The van der Waals surface area contributed by atoms with Crippen molar-refractivity contribution in [2.24, 2.45) is 5.73 Å². The summed E-state index contributed by atoms with van der Waals surface area (Å²) in [6.07, 6.45) is 2.76. The predicted octanol–water partition coefficient (Wildman–Crippen LogP) is 2.06. The monoisotopic (exact) mass is 473 g/mol. The molecule has 176 valence electrons. The molecule has 4 N–H and O–H groups in total. The van der Waals surface area contributed by atoms with Crippen molar-refractivity contribution in [3.05, 3.63) is 46.1 Å². The number of benzene rings is 1. The van der Waals surface area contributed by atoms with Gasteiger partial charge >= 0.3 is 0 Å². The minimum absolute atomic E-state index is 0.162. The smallest absolute Gasteiger partial charge is 0.251 e.